The molecule has 150 valence electrons. The molecule has 2 aromatic carbocycles. The molecular weight excluding hydrogens is 386 g/mol. The zero-order valence-corrected chi connectivity index (χ0v) is 16.1. The van der Waals surface area contributed by atoms with Crippen LogP contribution < -0.4 is 13.9 Å². The van der Waals surface area contributed by atoms with Gasteiger partial charge in [0.15, 0.2) is 11.6 Å². The summed E-state index contributed by atoms with van der Waals surface area (Å²) in [6.45, 7) is 4.91. The van der Waals surface area contributed by atoms with Crippen LogP contribution in [0.2, 0.25) is 0 Å². The Bertz CT molecular complexity index is 964. The molecule has 0 aromatic heterocycles. The number of nitrogens with zero attached hydrogens (tertiary/aromatic N) is 3. The highest BCUT2D eigenvalue weighted by Crippen LogP contribution is 2.45. The molecule has 0 saturated carbocycles. The molecule has 0 bridgehead atoms. The highest BCUT2D eigenvalue weighted by molar-refractivity contribution is 7.95. The van der Waals surface area contributed by atoms with Crippen LogP contribution in [0, 0.1) is 11.6 Å². The molecule has 28 heavy (non-hydrogen) atoms. The van der Waals surface area contributed by atoms with Crippen LogP contribution in [-0.2, 0) is 10.2 Å². The molecule has 9 heteroatoms. The van der Waals surface area contributed by atoms with E-state index in [9.17, 15) is 17.2 Å². The first-order valence-electron chi connectivity index (χ1n) is 9.28. The zero-order valence-electron chi connectivity index (χ0n) is 15.3. The van der Waals surface area contributed by atoms with Crippen LogP contribution in [0.25, 0.3) is 0 Å². The molecule has 1 fully saturated rings. The maximum atomic E-state index is 13.7. The molecule has 0 radical (unpaired) electrons. The fourth-order valence-electron chi connectivity index (χ4n) is 3.69. The number of nitrogens with one attached hydrogen (secondary N) is 1. The van der Waals surface area contributed by atoms with Crippen molar-refractivity contribution in [2.45, 2.75) is 6.42 Å². The quantitative estimate of drug-likeness (QED) is 0.826. The Kier molecular flexibility index (Phi) is 5.22. The number of hydrogen-bond acceptors (Lipinski definition) is 4. The number of fused-ring (bicyclic) bond motifs is 1. The number of hydrogen-bond donors (Lipinski definition) is 1. The number of piperazine rings is 1. The lowest BCUT2D eigenvalue weighted by atomic mass is 10.2. The summed E-state index contributed by atoms with van der Waals surface area (Å²) in [5.74, 6) is -2.09. The maximum Gasteiger partial charge on any atom is 0.330 e. The van der Waals surface area contributed by atoms with Crippen molar-refractivity contribution >= 4 is 27.3 Å². The number of para-hydroxylation sites is 2. The summed E-state index contributed by atoms with van der Waals surface area (Å²) in [6, 6.07) is 10.0. The Morgan fingerprint density at radius 2 is 1.64 bits per heavy atom. The summed E-state index contributed by atoms with van der Waals surface area (Å²) in [6.07, 6.45) is 0.680. The van der Waals surface area contributed by atoms with Crippen molar-refractivity contribution in [2.24, 2.45) is 0 Å². The summed E-state index contributed by atoms with van der Waals surface area (Å²) >= 11 is 0. The van der Waals surface area contributed by atoms with E-state index < -0.39 is 21.8 Å². The van der Waals surface area contributed by atoms with E-state index in [1.807, 2.05) is 0 Å². The molecule has 2 aliphatic rings. The largest absolute Gasteiger partial charge is 0.330 e. The van der Waals surface area contributed by atoms with Crippen molar-refractivity contribution in [3.63, 3.8) is 0 Å². The van der Waals surface area contributed by atoms with E-state index in [0.717, 1.165) is 49.2 Å². The van der Waals surface area contributed by atoms with Crippen LogP contribution in [0.1, 0.15) is 6.42 Å². The zero-order chi connectivity index (χ0) is 19.7. The predicted octanol–water partition coefficient (Wildman–Crippen LogP) is 2.46. The lowest BCUT2D eigenvalue weighted by molar-refractivity contribution is 0.240. The number of halogens is 2. The number of benzene rings is 2. The first kappa shape index (κ1) is 19.1. The Labute approximate surface area is 163 Å². The first-order valence-corrected chi connectivity index (χ1v) is 10.7. The van der Waals surface area contributed by atoms with Crippen molar-refractivity contribution < 1.29 is 17.2 Å². The summed E-state index contributed by atoms with van der Waals surface area (Å²) < 4.78 is 56.0. The van der Waals surface area contributed by atoms with Gasteiger partial charge in [-0.25, -0.2) is 13.1 Å². The Morgan fingerprint density at radius 3 is 2.36 bits per heavy atom. The second kappa shape index (κ2) is 7.65. The highest BCUT2D eigenvalue weighted by atomic mass is 32.2. The van der Waals surface area contributed by atoms with Crippen molar-refractivity contribution in [2.75, 3.05) is 47.9 Å². The average molecular weight is 408 g/mol. The van der Waals surface area contributed by atoms with Gasteiger partial charge in [0.1, 0.15) is 0 Å². The Balaban J connectivity index is 1.60. The van der Waals surface area contributed by atoms with Crippen molar-refractivity contribution in [3.8, 4) is 0 Å². The monoisotopic (exact) mass is 408 g/mol. The van der Waals surface area contributed by atoms with E-state index in [1.54, 1.807) is 24.3 Å². The molecule has 0 spiro atoms. The van der Waals surface area contributed by atoms with Gasteiger partial charge >= 0.3 is 10.2 Å². The fourth-order valence-corrected chi connectivity index (χ4v) is 5.43. The van der Waals surface area contributed by atoms with E-state index in [-0.39, 0.29) is 5.69 Å². The molecule has 1 saturated heterocycles. The minimum Gasteiger partial charge on any atom is -0.314 e. The van der Waals surface area contributed by atoms with Crippen LogP contribution in [0.15, 0.2) is 42.5 Å². The van der Waals surface area contributed by atoms with Crippen molar-refractivity contribution in [1.82, 2.24) is 10.2 Å². The molecule has 0 unspecified atom stereocenters. The topological polar surface area (TPSA) is 55.9 Å². The van der Waals surface area contributed by atoms with Gasteiger partial charge in [-0.3, -0.25) is 4.31 Å². The van der Waals surface area contributed by atoms with Crippen LogP contribution in [0.3, 0.4) is 0 Å². The van der Waals surface area contributed by atoms with Gasteiger partial charge in [0, 0.05) is 38.8 Å². The minimum atomic E-state index is -3.93. The standard InChI is InChI=1S/C19H22F2N4O2S/c20-16-7-6-15(14-17(16)21)25-19-5-2-1-4-18(19)24(28(25,26)27)11-3-10-23-12-8-22-9-13-23/h1-2,4-7,14,22H,3,8-13H2. The predicted molar refractivity (Wildman–Crippen MR) is 105 cm³/mol. The normalized spacial score (nSPS) is 19.1. The van der Waals surface area contributed by atoms with Gasteiger partial charge in [-0.2, -0.15) is 8.42 Å². The minimum absolute atomic E-state index is 0.0796. The van der Waals surface area contributed by atoms with E-state index in [2.05, 4.69) is 10.2 Å². The van der Waals surface area contributed by atoms with E-state index in [0.29, 0.717) is 24.3 Å². The number of rotatable bonds is 5. The van der Waals surface area contributed by atoms with Crippen molar-refractivity contribution in [1.29, 1.82) is 0 Å². The molecule has 0 atom stereocenters. The van der Waals surface area contributed by atoms with Gasteiger partial charge in [0.2, 0.25) is 0 Å². The molecule has 2 heterocycles. The molecule has 0 aliphatic carbocycles. The van der Waals surface area contributed by atoms with Crippen molar-refractivity contribution in [3.05, 3.63) is 54.1 Å². The third kappa shape index (κ3) is 3.45. The summed E-state index contributed by atoms with van der Waals surface area (Å²) in [7, 11) is -3.93. The van der Waals surface area contributed by atoms with Gasteiger partial charge < -0.3 is 10.2 Å². The molecule has 4 rings (SSSR count). The maximum absolute atomic E-state index is 13.7. The summed E-state index contributed by atoms with van der Waals surface area (Å²) in [5.41, 5.74) is 1.07. The number of anilines is 3. The summed E-state index contributed by atoms with van der Waals surface area (Å²) in [4.78, 5) is 2.30. The molecule has 6 nitrogen and oxygen atoms in total. The smallest absolute Gasteiger partial charge is 0.314 e. The third-order valence-corrected chi connectivity index (χ3v) is 6.87. The van der Waals surface area contributed by atoms with Crippen LogP contribution >= 0.6 is 0 Å². The first-order chi connectivity index (χ1) is 13.5. The van der Waals surface area contributed by atoms with Gasteiger partial charge in [-0.1, -0.05) is 12.1 Å². The van der Waals surface area contributed by atoms with E-state index in [1.165, 1.54) is 10.4 Å². The lowest BCUT2D eigenvalue weighted by Crippen LogP contribution is -2.44. The van der Waals surface area contributed by atoms with Gasteiger partial charge in [0.25, 0.3) is 0 Å². The van der Waals surface area contributed by atoms with Gasteiger partial charge in [-0.05, 0) is 37.2 Å². The van der Waals surface area contributed by atoms with Crippen LogP contribution in [0.5, 0.6) is 0 Å². The van der Waals surface area contributed by atoms with Crippen LogP contribution in [-0.4, -0.2) is 52.6 Å². The Morgan fingerprint density at radius 1 is 0.929 bits per heavy atom. The molecule has 2 aromatic rings. The van der Waals surface area contributed by atoms with E-state index >= 15 is 0 Å². The summed E-state index contributed by atoms with van der Waals surface area (Å²) in [5, 5.41) is 3.29. The molecule has 2 aliphatic heterocycles. The molecular formula is C19H22F2N4O2S. The lowest BCUT2D eigenvalue weighted by Gasteiger charge is -2.28. The fraction of sp³-hybridized carbons (Fsp3) is 0.368. The van der Waals surface area contributed by atoms with Gasteiger partial charge in [0.05, 0.1) is 17.1 Å². The van der Waals surface area contributed by atoms with E-state index in [4.69, 9.17) is 0 Å². The van der Waals surface area contributed by atoms with Gasteiger partial charge in [-0.15, -0.1) is 0 Å². The SMILES string of the molecule is O=S1(=O)N(CCCN2CCNCC2)c2ccccc2N1c1ccc(F)c(F)c1. The highest BCUT2D eigenvalue weighted by Gasteiger charge is 2.41. The third-order valence-electron chi connectivity index (χ3n) is 5.06. The average Bonchev–Trinajstić information content (AvgIpc) is 2.91. The second-order valence-corrected chi connectivity index (χ2v) is 8.58. The second-order valence-electron chi connectivity index (χ2n) is 6.88. The molecule has 1 N–H and O–H groups in total. The molecule has 0 amide bonds. The Hall–Kier alpha value is -2.23. The van der Waals surface area contributed by atoms with Crippen LogP contribution in [0.4, 0.5) is 25.8 Å².